The van der Waals surface area contributed by atoms with Gasteiger partial charge in [0.1, 0.15) is 0 Å². The van der Waals surface area contributed by atoms with Gasteiger partial charge < -0.3 is 10.2 Å². The number of hydrogen-bond acceptors (Lipinski definition) is 3. The number of benzene rings is 1. The van der Waals surface area contributed by atoms with Gasteiger partial charge in [0.15, 0.2) is 0 Å². The molecule has 0 saturated carbocycles. The first-order chi connectivity index (χ1) is 11.7. The number of pyridine rings is 1. The van der Waals surface area contributed by atoms with Gasteiger partial charge in [0.25, 0.3) is 0 Å². The van der Waals surface area contributed by atoms with Crippen LogP contribution in [0.2, 0.25) is 0 Å². The molecule has 2 heterocycles. The van der Waals surface area contributed by atoms with Crippen LogP contribution in [-0.4, -0.2) is 47.0 Å². The standard InChI is InChI=1S/C19H24N4O/c1-16-6-2-3-7-17(16)15-22-10-12-23(13-11-22)19(24)21-14-18-8-4-5-9-20-18/h2-9H,10-15H2,1H3,(H,21,24). The topological polar surface area (TPSA) is 48.5 Å². The van der Waals surface area contributed by atoms with Crippen molar-refractivity contribution in [1.29, 1.82) is 0 Å². The van der Waals surface area contributed by atoms with Crippen molar-refractivity contribution < 1.29 is 4.79 Å². The summed E-state index contributed by atoms with van der Waals surface area (Å²) < 4.78 is 0. The lowest BCUT2D eigenvalue weighted by molar-refractivity contribution is 0.135. The molecule has 2 amide bonds. The molecule has 0 unspecified atom stereocenters. The van der Waals surface area contributed by atoms with Crippen LogP contribution in [0.1, 0.15) is 16.8 Å². The molecule has 1 N–H and O–H groups in total. The molecule has 1 aliphatic heterocycles. The summed E-state index contributed by atoms with van der Waals surface area (Å²) in [5.41, 5.74) is 3.57. The lowest BCUT2D eigenvalue weighted by atomic mass is 10.1. The Kier molecular flexibility index (Phi) is 5.43. The van der Waals surface area contributed by atoms with Gasteiger partial charge in [0, 0.05) is 38.9 Å². The Morgan fingerprint density at radius 3 is 2.54 bits per heavy atom. The highest BCUT2D eigenvalue weighted by molar-refractivity contribution is 5.74. The number of piperazine rings is 1. The number of nitrogens with zero attached hydrogens (tertiary/aromatic N) is 3. The van der Waals surface area contributed by atoms with Crippen molar-refractivity contribution in [2.75, 3.05) is 26.2 Å². The molecule has 126 valence electrons. The molecular formula is C19H24N4O. The number of aryl methyl sites for hydroxylation is 1. The van der Waals surface area contributed by atoms with Gasteiger partial charge >= 0.3 is 6.03 Å². The summed E-state index contributed by atoms with van der Waals surface area (Å²) in [5.74, 6) is 0. The minimum absolute atomic E-state index is 0.00352. The molecule has 0 bridgehead atoms. The van der Waals surface area contributed by atoms with Crippen LogP contribution in [0, 0.1) is 6.92 Å². The van der Waals surface area contributed by atoms with Crippen molar-refractivity contribution in [2.24, 2.45) is 0 Å². The second-order valence-electron chi connectivity index (χ2n) is 6.17. The number of nitrogens with one attached hydrogen (secondary N) is 1. The zero-order valence-electron chi connectivity index (χ0n) is 14.1. The molecule has 1 saturated heterocycles. The van der Waals surface area contributed by atoms with Gasteiger partial charge in [0.05, 0.1) is 12.2 Å². The summed E-state index contributed by atoms with van der Waals surface area (Å²) in [6, 6.07) is 14.2. The van der Waals surface area contributed by atoms with Crippen LogP contribution in [0.4, 0.5) is 4.79 Å². The Bertz CT molecular complexity index is 666. The van der Waals surface area contributed by atoms with E-state index in [-0.39, 0.29) is 6.03 Å². The molecule has 1 aromatic heterocycles. The van der Waals surface area contributed by atoms with E-state index in [0.29, 0.717) is 6.54 Å². The molecule has 1 aromatic carbocycles. The Morgan fingerprint density at radius 2 is 1.83 bits per heavy atom. The van der Waals surface area contributed by atoms with Crippen molar-refractivity contribution >= 4 is 6.03 Å². The first kappa shape index (κ1) is 16.5. The molecule has 2 aromatic rings. The molecule has 0 spiro atoms. The highest BCUT2D eigenvalue weighted by Crippen LogP contribution is 2.12. The minimum atomic E-state index is -0.00352. The van der Waals surface area contributed by atoms with Crippen molar-refractivity contribution in [1.82, 2.24) is 20.1 Å². The van der Waals surface area contributed by atoms with Crippen LogP contribution >= 0.6 is 0 Å². The largest absolute Gasteiger partial charge is 0.332 e. The van der Waals surface area contributed by atoms with Crippen molar-refractivity contribution in [3.05, 3.63) is 65.5 Å². The van der Waals surface area contributed by atoms with E-state index in [0.717, 1.165) is 38.4 Å². The van der Waals surface area contributed by atoms with Gasteiger partial charge in [-0.25, -0.2) is 4.79 Å². The first-order valence-corrected chi connectivity index (χ1v) is 8.42. The van der Waals surface area contributed by atoms with Gasteiger partial charge in [0.2, 0.25) is 0 Å². The fourth-order valence-corrected chi connectivity index (χ4v) is 2.92. The fraction of sp³-hybridized carbons (Fsp3) is 0.368. The molecule has 0 aliphatic carbocycles. The molecule has 3 rings (SSSR count). The summed E-state index contributed by atoms with van der Waals surface area (Å²) in [6.07, 6.45) is 1.74. The highest BCUT2D eigenvalue weighted by Gasteiger charge is 2.21. The SMILES string of the molecule is Cc1ccccc1CN1CCN(C(=O)NCc2ccccn2)CC1. The summed E-state index contributed by atoms with van der Waals surface area (Å²) in [4.78, 5) is 20.8. The number of rotatable bonds is 4. The summed E-state index contributed by atoms with van der Waals surface area (Å²) in [6.45, 7) is 6.92. The average Bonchev–Trinajstić information content (AvgIpc) is 2.63. The second kappa shape index (κ2) is 7.93. The van der Waals surface area contributed by atoms with Gasteiger partial charge in [-0.1, -0.05) is 30.3 Å². The van der Waals surface area contributed by atoms with E-state index in [4.69, 9.17) is 0 Å². The fourth-order valence-electron chi connectivity index (χ4n) is 2.92. The summed E-state index contributed by atoms with van der Waals surface area (Å²) in [5, 5.41) is 2.95. The smallest absolute Gasteiger partial charge is 0.317 e. The molecule has 24 heavy (non-hydrogen) atoms. The number of aromatic nitrogens is 1. The van der Waals surface area contributed by atoms with Gasteiger partial charge in [-0.2, -0.15) is 0 Å². The van der Waals surface area contributed by atoms with E-state index < -0.39 is 0 Å². The second-order valence-corrected chi connectivity index (χ2v) is 6.17. The number of urea groups is 1. The Morgan fingerprint density at radius 1 is 1.08 bits per heavy atom. The van der Waals surface area contributed by atoms with E-state index in [1.807, 2.05) is 23.1 Å². The number of hydrogen-bond donors (Lipinski definition) is 1. The van der Waals surface area contributed by atoms with Crippen molar-refractivity contribution in [3.63, 3.8) is 0 Å². The zero-order valence-corrected chi connectivity index (χ0v) is 14.1. The van der Waals surface area contributed by atoms with E-state index in [2.05, 4.69) is 46.4 Å². The number of carbonyl (C=O) groups is 1. The van der Waals surface area contributed by atoms with E-state index >= 15 is 0 Å². The van der Waals surface area contributed by atoms with Crippen LogP contribution in [0.25, 0.3) is 0 Å². The molecule has 0 radical (unpaired) electrons. The third kappa shape index (κ3) is 4.32. The molecule has 1 fully saturated rings. The van der Waals surface area contributed by atoms with E-state index in [1.54, 1.807) is 6.20 Å². The van der Waals surface area contributed by atoms with Crippen LogP contribution in [0.5, 0.6) is 0 Å². The van der Waals surface area contributed by atoms with Crippen LogP contribution in [0.3, 0.4) is 0 Å². The predicted molar refractivity (Wildman–Crippen MR) is 94.5 cm³/mol. The average molecular weight is 324 g/mol. The predicted octanol–water partition coefficient (Wildman–Crippen LogP) is 2.42. The van der Waals surface area contributed by atoms with Crippen molar-refractivity contribution in [3.8, 4) is 0 Å². The zero-order chi connectivity index (χ0) is 16.8. The molecular weight excluding hydrogens is 300 g/mol. The Hall–Kier alpha value is -2.40. The molecule has 1 aliphatic rings. The molecule has 5 nitrogen and oxygen atoms in total. The van der Waals surface area contributed by atoms with E-state index in [1.165, 1.54) is 11.1 Å². The minimum Gasteiger partial charge on any atom is -0.332 e. The van der Waals surface area contributed by atoms with Crippen LogP contribution < -0.4 is 5.32 Å². The molecule has 0 atom stereocenters. The van der Waals surface area contributed by atoms with Gasteiger partial charge in [-0.15, -0.1) is 0 Å². The summed E-state index contributed by atoms with van der Waals surface area (Å²) in [7, 11) is 0. The Labute approximate surface area is 143 Å². The quantitative estimate of drug-likeness (QED) is 0.939. The third-order valence-corrected chi connectivity index (χ3v) is 4.46. The van der Waals surface area contributed by atoms with Gasteiger partial charge in [-0.05, 0) is 30.2 Å². The van der Waals surface area contributed by atoms with E-state index in [9.17, 15) is 4.79 Å². The normalized spacial score (nSPS) is 15.3. The maximum atomic E-state index is 12.3. The monoisotopic (exact) mass is 324 g/mol. The lowest BCUT2D eigenvalue weighted by Gasteiger charge is -2.35. The molecule has 5 heteroatoms. The number of amides is 2. The van der Waals surface area contributed by atoms with Crippen LogP contribution in [0.15, 0.2) is 48.7 Å². The van der Waals surface area contributed by atoms with Crippen LogP contribution in [-0.2, 0) is 13.1 Å². The van der Waals surface area contributed by atoms with Gasteiger partial charge in [-0.3, -0.25) is 9.88 Å². The number of carbonyl (C=O) groups excluding carboxylic acids is 1. The maximum Gasteiger partial charge on any atom is 0.317 e. The third-order valence-electron chi connectivity index (χ3n) is 4.46. The lowest BCUT2D eigenvalue weighted by Crippen LogP contribution is -2.51. The van der Waals surface area contributed by atoms with Crippen molar-refractivity contribution in [2.45, 2.75) is 20.0 Å². The first-order valence-electron chi connectivity index (χ1n) is 8.42. The Balaban J connectivity index is 1.44. The maximum absolute atomic E-state index is 12.3. The highest BCUT2D eigenvalue weighted by atomic mass is 16.2. The summed E-state index contributed by atoms with van der Waals surface area (Å²) >= 11 is 0.